The van der Waals surface area contributed by atoms with Gasteiger partial charge in [0.2, 0.25) is 0 Å². The molecule has 5 nitrogen and oxygen atoms in total. The smallest absolute Gasteiger partial charge is 0.326 e. The Morgan fingerprint density at radius 1 is 1.44 bits per heavy atom. The normalized spacial score (nSPS) is 9.69. The van der Waals surface area contributed by atoms with Crippen molar-refractivity contribution in [2.24, 2.45) is 5.73 Å². The lowest BCUT2D eigenvalue weighted by Crippen LogP contribution is -2.38. The van der Waals surface area contributed by atoms with E-state index in [4.69, 9.17) is 22.7 Å². The molecular formula is C10H13ClN4O. The minimum atomic E-state index is -0.582. The van der Waals surface area contributed by atoms with E-state index in [9.17, 15) is 4.79 Å². The summed E-state index contributed by atoms with van der Waals surface area (Å²) >= 11 is 5.99. The monoisotopic (exact) mass is 240 g/mol. The van der Waals surface area contributed by atoms with Crippen LogP contribution in [0.2, 0.25) is 5.02 Å². The van der Waals surface area contributed by atoms with Gasteiger partial charge in [-0.05, 0) is 31.0 Å². The van der Waals surface area contributed by atoms with Crippen LogP contribution in [0.4, 0.5) is 10.5 Å². The molecule has 1 aromatic rings. The Balaban J connectivity index is 2.89. The highest BCUT2D eigenvalue weighted by Gasteiger charge is 2.09. The molecular weight excluding hydrogens is 228 g/mol. The summed E-state index contributed by atoms with van der Waals surface area (Å²) in [6.45, 7) is 3.75. The Hall–Kier alpha value is -1.75. The van der Waals surface area contributed by atoms with Crippen molar-refractivity contribution in [2.45, 2.75) is 13.8 Å². The van der Waals surface area contributed by atoms with Gasteiger partial charge in [0, 0.05) is 0 Å². The second kappa shape index (κ2) is 4.85. The lowest BCUT2D eigenvalue weighted by Gasteiger charge is -2.11. The van der Waals surface area contributed by atoms with Crippen LogP contribution in [-0.4, -0.2) is 12.0 Å². The number of guanidine groups is 1. The fourth-order valence-corrected chi connectivity index (χ4v) is 1.71. The van der Waals surface area contributed by atoms with Crippen LogP contribution in [0.25, 0.3) is 0 Å². The maximum Gasteiger partial charge on any atom is 0.326 e. The van der Waals surface area contributed by atoms with E-state index in [0.29, 0.717) is 10.7 Å². The van der Waals surface area contributed by atoms with E-state index in [0.717, 1.165) is 11.1 Å². The van der Waals surface area contributed by atoms with Gasteiger partial charge in [0.1, 0.15) is 0 Å². The minimum Gasteiger partial charge on any atom is -0.370 e. The minimum absolute atomic E-state index is 0.418. The first kappa shape index (κ1) is 12.3. The number of hydrogen-bond acceptors (Lipinski definition) is 2. The van der Waals surface area contributed by atoms with Crippen molar-refractivity contribution in [2.75, 3.05) is 5.32 Å². The van der Waals surface area contributed by atoms with Crippen LogP contribution in [0.15, 0.2) is 12.1 Å². The molecule has 6 heteroatoms. The summed E-state index contributed by atoms with van der Waals surface area (Å²) < 4.78 is 0. The van der Waals surface area contributed by atoms with Crippen molar-refractivity contribution < 1.29 is 4.79 Å². The topological polar surface area (TPSA) is 91.0 Å². The lowest BCUT2D eigenvalue weighted by molar-refractivity contribution is 0.256. The highest BCUT2D eigenvalue weighted by molar-refractivity contribution is 6.34. The van der Waals surface area contributed by atoms with Crippen molar-refractivity contribution in [3.8, 4) is 0 Å². The first-order valence-electron chi connectivity index (χ1n) is 4.59. The average molecular weight is 241 g/mol. The number of aryl methyl sites for hydroxylation is 2. The van der Waals surface area contributed by atoms with Crippen LogP contribution in [-0.2, 0) is 0 Å². The van der Waals surface area contributed by atoms with Crippen LogP contribution >= 0.6 is 11.6 Å². The Labute approximate surface area is 98.5 Å². The Morgan fingerprint density at radius 2 is 2.06 bits per heavy atom. The third-order valence-corrected chi connectivity index (χ3v) is 2.22. The zero-order valence-corrected chi connectivity index (χ0v) is 9.77. The number of amides is 2. The van der Waals surface area contributed by atoms with Gasteiger partial charge < -0.3 is 11.1 Å². The number of rotatable bonds is 1. The molecule has 0 aromatic heterocycles. The molecule has 1 rings (SSSR count). The van der Waals surface area contributed by atoms with E-state index in [-0.39, 0.29) is 0 Å². The molecule has 0 atom stereocenters. The molecule has 0 bridgehead atoms. The van der Waals surface area contributed by atoms with Gasteiger partial charge in [0.05, 0.1) is 10.7 Å². The van der Waals surface area contributed by atoms with Crippen LogP contribution in [0.1, 0.15) is 11.1 Å². The maximum absolute atomic E-state index is 11.3. The van der Waals surface area contributed by atoms with Crippen molar-refractivity contribution >= 4 is 29.3 Å². The summed E-state index contributed by atoms with van der Waals surface area (Å²) in [5, 5.41) is 12.0. The summed E-state index contributed by atoms with van der Waals surface area (Å²) in [5.41, 5.74) is 7.41. The van der Waals surface area contributed by atoms with Gasteiger partial charge in [-0.25, -0.2) is 4.79 Å². The van der Waals surface area contributed by atoms with Crippen LogP contribution in [0, 0.1) is 19.3 Å². The predicted molar refractivity (Wildman–Crippen MR) is 65.0 cm³/mol. The SMILES string of the molecule is Cc1cc(C)c(NC(=O)NC(=N)N)c(Cl)c1. The van der Waals surface area contributed by atoms with E-state index >= 15 is 0 Å². The van der Waals surface area contributed by atoms with Gasteiger partial charge in [-0.1, -0.05) is 17.7 Å². The summed E-state index contributed by atoms with van der Waals surface area (Å²) in [6.07, 6.45) is 0. The van der Waals surface area contributed by atoms with Crippen LogP contribution < -0.4 is 16.4 Å². The zero-order valence-electron chi connectivity index (χ0n) is 9.02. The van der Waals surface area contributed by atoms with Gasteiger partial charge in [0.25, 0.3) is 0 Å². The zero-order chi connectivity index (χ0) is 12.3. The van der Waals surface area contributed by atoms with Crippen LogP contribution in [0.3, 0.4) is 0 Å². The fourth-order valence-electron chi connectivity index (χ4n) is 1.34. The Morgan fingerprint density at radius 3 is 2.56 bits per heavy atom. The highest BCUT2D eigenvalue weighted by atomic mass is 35.5. The van der Waals surface area contributed by atoms with E-state index in [1.807, 2.05) is 19.9 Å². The van der Waals surface area contributed by atoms with E-state index in [2.05, 4.69) is 10.6 Å². The first-order chi connectivity index (χ1) is 7.40. The molecule has 1 aromatic carbocycles. The predicted octanol–water partition coefficient (Wildman–Crippen LogP) is 1.97. The summed E-state index contributed by atoms with van der Waals surface area (Å²) in [5.74, 6) is -0.418. The number of nitrogens with two attached hydrogens (primary N) is 1. The third-order valence-electron chi connectivity index (χ3n) is 1.92. The highest BCUT2D eigenvalue weighted by Crippen LogP contribution is 2.27. The molecule has 0 saturated carbocycles. The maximum atomic E-state index is 11.3. The number of carbonyl (C=O) groups is 1. The molecule has 2 amide bonds. The van der Waals surface area contributed by atoms with E-state index < -0.39 is 12.0 Å². The molecule has 0 fully saturated rings. The number of anilines is 1. The van der Waals surface area contributed by atoms with Gasteiger partial charge in [0.15, 0.2) is 5.96 Å². The van der Waals surface area contributed by atoms with Gasteiger partial charge >= 0.3 is 6.03 Å². The second-order valence-electron chi connectivity index (χ2n) is 3.43. The average Bonchev–Trinajstić information content (AvgIpc) is 2.09. The van der Waals surface area contributed by atoms with Gasteiger partial charge in [-0.3, -0.25) is 10.7 Å². The molecule has 0 unspecified atom stereocenters. The summed E-state index contributed by atoms with van der Waals surface area (Å²) in [6, 6.07) is 3.06. The molecule has 0 aliphatic carbocycles. The molecule has 86 valence electrons. The first-order valence-corrected chi connectivity index (χ1v) is 4.96. The third kappa shape index (κ3) is 3.13. The van der Waals surface area contributed by atoms with Crippen LogP contribution in [0.5, 0.6) is 0 Å². The Kier molecular flexibility index (Phi) is 3.73. The fraction of sp³-hybridized carbons (Fsp3) is 0.200. The molecule has 0 spiro atoms. The molecule has 0 saturated heterocycles. The second-order valence-corrected chi connectivity index (χ2v) is 3.84. The molecule has 0 heterocycles. The lowest BCUT2D eigenvalue weighted by atomic mass is 10.1. The Bertz CT molecular complexity index is 421. The molecule has 0 aliphatic heterocycles. The number of halogens is 1. The molecule has 16 heavy (non-hydrogen) atoms. The van der Waals surface area contributed by atoms with E-state index in [1.54, 1.807) is 6.07 Å². The molecule has 0 aliphatic rings. The standard InChI is InChI=1S/C10H13ClN4O/c1-5-3-6(2)8(7(11)4-5)14-10(16)15-9(12)13/h3-4H,1-2H3,(H5,12,13,14,15,16). The number of urea groups is 1. The van der Waals surface area contributed by atoms with Crippen molar-refractivity contribution in [3.05, 3.63) is 28.3 Å². The number of carbonyl (C=O) groups excluding carboxylic acids is 1. The van der Waals surface area contributed by atoms with Gasteiger partial charge in [-0.15, -0.1) is 0 Å². The van der Waals surface area contributed by atoms with Gasteiger partial charge in [-0.2, -0.15) is 0 Å². The number of benzene rings is 1. The van der Waals surface area contributed by atoms with Crippen molar-refractivity contribution in [1.82, 2.24) is 5.32 Å². The number of hydrogen-bond donors (Lipinski definition) is 4. The number of nitrogens with one attached hydrogen (secondary N) is 3. The van der Waals surface area contributed by atoms with Crippen molar-refractivity contribution in [3.63, 3.8) is 0 Å². The largest absolute Gasteiger partial charge is 0.370 e. The van der Waals surface area contributed by atoms with Crippen molar-refractivity contribution in [1.29, 1.82) is 5.41 Å². The quantitative estimate of drug-likeness (QED) is 0.447. The molecule has 5 N–H and O–H groups in total. The summed E-state index contributed by atoms with van der Waals surface area (Å²) in [4.78, 5) is 11.3. The van der Waals surface area contributed by atoms with E-state index in [1.165, 1.54) is 0 Å². The molecule has 0 radical (unpaired) electrons. The summed E-state index contributed by atoms with van der Waals surface area (Å²) in [7, 11) is 0.